The molecule has 1 aromatic heterocycles. The van der Waals surface area contributed by atoms with Crippen LogP contribution in [0.15, 0.2) is 28.9 Å². The van der Waals surface area contributed by atoms with Gasteiger partial charge in [-0.3, -0.25) is 4.79 Å². The van der Waals surface area contributed by atoms with Crippen molar-refractivity contribution in [3.05, 3.63) is 34.6 Å². The molecular weight excluding hydrogens is 276 g/mol. The summed E-state index contributed by atoms with van der Waals surface area (Å²) in [5.74, 6) is -1.67. The number of aliphatic carboxylic acids is 1. The van der Waals surface area contributed by atoms with Gasteiger partial charge in [-0.2, -0.15) is 0 Å². The van der Waals surface area contributed by atoms with Crippen molar-refractivity contribution < 1.29 is 14.7 Å². The summed E-state index contributed by atoms with van der Waals surface area (Å²) in [5, 5.41) is 10.9. The Bertz CT molecular complexity index is 457. The van der Waals surface area contributed by atoms with Gasteiger partial charge in [0.05, 0.1) is 11.4 Å². The molecule has 1 rings (SSSR count). The van der Waals surface area contributed by atoms with E-state index in [4.69, 9.17) is 5.11 Å². The number of carbonyl (C=O) groups excluding carboxylic acids is 1. The highest BCUT2D eigenvalue weighted by molar-refractivity contribution is 9.10. The van der Waals surface area contributed by atoms with Crippen LogP contribution in [0.3, 0.4) is 0 Å². The van der Waals surface area contributed by atoms with Crippen LogP contribution >= 0.6 is 15.9 Å². The standard InChI is InChI=1S/C10H9BrN2O3/c1-6-7(2-3-8(11)12-6)13-9(14)4-5-10(15)16/h2-5H,1H3,(H,13,14)(H,15,16)/b5-4+. The molecule has 1 aromatic rings. The van der Waals surface area contributed by atoms with Gasteiger partial charge < -0.3 is 10.4 Å². The normalized spacial score (nSPS) is 10.4. The summed E-state index contributed by atoms with van der Waals surface area (Å²) in [7, 11) is 0. The van der Waals surface area contributed by atoms with Crippen LogP contribution in [0.4, 0.5) is 5.69 Å². The Morgan fingerprint density at radius 2 is 2.12 bits per heavy atom. The lowest BCUT2D eigenvalue weighted by Crippen LogP contribution is -2.10. The first kappa shape index (κ1) is 12.4. The highest BCUT2D eigenvalue weighted by atomic mass is 79.9. The van der Waals surface area contributed by atoms with Crippen LogP contribution in [0.2, 0.25) is 0 Å². The second-order valence-corrected chi connectivity index (χ2v) is 3.74. The first-order valence-corrected chi connectivity index (χ1v) is 5.13. The van der Waals surface area contributed by atoms with E-state index in [1.54, 1.807) is 19.1 Å². The zero-order valence-electron chi connectivity index (χ0n) is 8.40. The second-order valence-electron chi connectivity index (χ2n) is 2.93. The molecule has 0 aliphatic rings. The summed E-state index contributed by atoms with van der Waals surface area (Å²) in [6.45, 7) is 1.74. The Labute approximate surface area is 100 Å². The molecule has 2 N–H and O–H groups in total. The molecule has 0 saturated heterocycles. The van der Waals surface area contributed by atoms with E-state index in [2.05, 4.69) is 26.2 Å². The van der Waals surface area contributed by atoms with Crippen molar-refractivity contribution in [2.24, 2.45) is 0 Å². The van der Waals surface area contributed by atoms with Gasteiger partial charge in [-0.25, -0.2) is 9.78 Å². The predicted octanol–water partition coefficient (Wildman–Crippen LogP) is 1.73. The van der Waals surface area contributed by atoms with Gasteiger partial charge in [0.1, 0.15) is 4.60 Å². The molecule has 84 valence electrons. The second kappa shape index (κ2) is 5.41. The van der Waals surface area contributed by atoms with Crippen molar-refractivity contribution >= 4 is 33.5 Å². The van der Waals surface area contributed by atoms with E-state index < -0.39 is 11.9 Å². The highest BCUT2D eigenvalue weighted by Gasteiger charge is 2.03. The Balaban J connectivity index is 2.73. The number of nitrogens with one attached hydrogen (secondary N) is 1. The number of carboxylic acids is 1. The largest absolute Gasteiger partial charge is 0.478 e. The molecule has 0 unspecified atom stereocenters. The summed E-state index contributed by atoms with van der Waals surface area (Å²) in [6.07, 6.45) is 1.72. The van der Waals surface area contributed by atoms with Crippen molar-refractivity contribution in [3.8, 4) is 0 Å². The third kappa shape index (κ3) is 3.82. The van der Waals surface area contributed by atoms with Gasteiger partial charge in [0.2, 0.25) is 5.91 Å². The number of aromatic nitrogens is 1. The molecule has 0 spiro atoms. The van der Waals surface area contributed by atoms with E-state index in [-0.39, 0.29) is 0 Å². The van der Waals surface area contributed by atoms with Gasteiger partial charge in [-0.15, -0.1) is 0 Å². The van der Waals surface area contributed by atoms with E-state index in [1.807, 2.05) is 0 Å². The first-order valence-electron chi connectivity index (χ1n) is 4.34. The number of hydrogen-bond donors (Lipinski definition) is 2. The van der Waals surface area contributed by atoms with Crippen LogP contribution in [0.5, 0.6) is 0 Å². The van der Waals surface area contributed by atoms with Gasteiger partial charge >= 0.3 is 5.97 Å². The van der Waals surface area contributed by atoms with E-state index >= 15 is 0 Å². The lowest BCUT2D eigenvalue weighted by atomic mass is 10.3. The summed E-state index contributed by atoms with van der Waals surface area (Å²) < 4.78 is 0.670. The lowest BCUT2D eigenvalue weighted by Gasteiger charge is -2.05. The lowest BCUT2D eigenvalue weighted by molar-refractivity contribution is -0.131. The van der Waals surface area contributed by atoms with Crippen LogP contribution in [0.1, 0.15) is 5.69 Å². The van der Waals surface area contributed by atoms with Gasteiger partial charge in [0.15, 0.2) is 0 Å². The monoisotopic (exact) mass is 284 g/mol. The van der Waals surface area contributed by atoms with E-state index in [9.17, 15) is 9.59 Å². The number of carboxylic acid groups (broad SMARTS) is 1. The maximum atomic E-state index is 11.3. The molecule has 0 aromatic carbocycles. The molecule has 0 aliphatic heterocycles. The molecule has 0 bridgehead atoms. The van der Waals surface area contributed by atoms with Crippen LogP contribution in [-0.4, -0.2) is 22.0 Å². The maximum Gasteiger partial charge on any atom is 0.328 e. The minimum Gasteiger partial charge on any atom is -0.478 e. The number of aryl methyl sites for hydroxylation is 1. The molecule has 6 heteroatoms. The van der Waals surface area contributed by atoms with Crippen molar-refractivity contribution in [1.29, 1.82) is 0 Å². The number of hydrogen-bond acceptors (Lipinski definition) is 3. The minimum absolute atomic E-state index is 0.505. The van der Waals surface area contributed by atoms with Crippen LogP contribution in [0, 0.1) is 6.92 Å². The number of pyridine rings is 1. The third-order valence-electron chi connectivity index (χ3n) is 1.69. The zero-order chi connectivity index (χ0) is 12.1. The molecule has 0 aliphatic carbocycles. The SMILES string of the molecule is Cc1nc(Br)ccc1NC(=O)/C=C/C(=O)O. The van der Waals surface area contributed by atoms with E-state index in [0.717, 1.165) is 12.2 Å². The fourth-order valence-corrected chi connectivity index (χ4v) is 1.38. The number of amides is 1. The van der Waals surface area contributed by atoms with E-state index in [0.29, 0.717) is 16.0 Å². The van der Waals surface area contributed by atoms with Crippen LogP contribution in [-0.2, 0) is 9.59 Å². The number of rotatable bonds is 3. The van der Waals surface area contributed by atoms with E-state index in [1.165, 1.54) is 0 Å². The number of carbonyl (C=O) groups is 2. The van der Waals surface area contributed by atoms with Crippen molar-refractivity contribution in [2.45, 2.75) is 6.92 Å². The van der Waals surface area contributed by atoms with Crippen molar-refractivity contribution in [2.75, 3.05) is 5.32 Å². The van der Waals surface area contributed by atoms with Crippen LogP contribution in [0.25, 0.3) is 0 Å². The average Bonchev–Trinajstić information content (AvgIpc) is 2.19. The van der Waals surface area contributed by atoms with Gasteiger partial charge in [-0.05, 0) is 35.0 Å². The minimum atomic E-state index is -1.17. The van der Waals surface area contributed by atoms with Crippen molar-refractivity contribution in [3.63, 3.8) is 0 Å². The summed E-state index contributed by atoms with van der Waals surface area (Å²) in [6, 6.07) is 3.36. The average molecular weight is 285 g/mol. The quantitative estimate of drug-likeness (QED) is 0.654. The molecule has 5 nitrogen and oxygen atoms in total. The highest BCUT2D eigenvalue weighted by Crippen LogP contribution is 2.15. The predicted molar refractivity (Wildman–Crippen MR) is 62.1 cm³/mol. The summed E-state index contributed by atoms with van der Waals surface area (Å²) in [4.78, 5) is 25.5. The molecule has 0 fully saturated rings. The zero-order valence-corrected chi connectivity index (χ0v) is 9.98. The first-order chi connectivity index (χ1) is 7.49. The number of anilines is 1. The summed E-state index contributed by atoms with van der Waals surface area (Å²) in [5.41, 5.74) is 1.19. The molecule has 1 heterocycles. The van der Waals surface area contributed by atoms with Crippen molar-refractivity contribution in [1.82, 2.24) is 4.98 Å². The Morgan fingerprint density at radius 3 is 2.69 bits per heavy atom. The van der Waals surface area contributed by atoms with Crippen LogP contribution < -0.4 is 5.32 Å². The smallest absolute Gasteiger partial charge is 0.328 e. The van der Waals surface area contributed by atoms with Gasteiger partial charge in [0.25, 0.3) is 0 Å². The third-order valence-corrected chi connectivity index (χ3v) is 2.13. The molecule has 1 amide bonds. The number of nitrogens with zero attached hydrogens (tertiary/aromatic N) is 1. The molecule has 0 atom stereocenters. The number of halogens is 1. The topological polar surface area (TPSA) is 79.3 Å². The fourth-order valence-electron chi connectivity index (χ4n) is 0.984. The fraction of sp³-hybridized carbons (Fsp3) is 0.100. The molecule has 0 radical (unpaired) electrons. The molecular formula is C10H9BrN2O3. The Morgan fingerprint density at radius 1 is 1.44 bits per heavy atom. The Hall–Kier alpha value is -1.69. The van der Waals surface area contributed by atoms with Gasteiger partial charge in [-0.1, -0.05) is 0 Å². The Kier molecular flexibility index (Phi) is 4.19. The molecule has 16 heavy (non-hydrogen) atoms. The molecule has 0 saturated carbocycles. The summed E-state index contributed by atoms with van der Waals surface area (Å²) >= 11 is 3.20. The maximum absolute atomic E-state index is 11.3. The van der Waals surface area contributed by atoms with Gasteiger partial charge in [0, 0.05) is 12.2 Å².